The van der Waals surface area contributed by atoms with Crippen LogP contribution in [-0.4, -0.2) is 16.5 Å². The van der Waals surface area contributed by atoms with Gasteiger partial charge in [-0.15, -0.1) is 0 Å². The van der Waals surface area contributed by atoms with E-state index < -0.39 is 0 Å². The minimum absolute atomic E-state index is 0.557. The highest BCUT2D eigenvalue weighted by Crippen LogP contribution is 2.23. The van der Waals surface area contributed by atoms with Crippen molar-refractivity contribution in [1.29, 1.82) is 5.26 Å². The third-order valence-corrected chi connectivity index (χ3v) is 3.08. The summed E-state index contributed by atoms with van der Waals surface area (Å²) in [4.78, 5) is 8.30. The minimum Gasteiger partial charge on any atom is -0.370 e. The maximum absolute atomic E-state index is 9.14. The Hall–Kier alpha value is -2.13. The molecule has 1 aromatic carbocycles. The molecule has 20 heavy (non-hydrogen) atoms. The first-order chi connectivity index (χ1) is 9.72. The standard InChI is InChI=1S/C14H14BrN5/c1-2-5-17-13-7-14(19-9-18-13)20-12-4-3-11(15)6-10(12)8-16/h3-4,6-7,9H,2,5H2,1H3,(H2,17,18,19,20). The van der Waals surface area contributed by atoms with Gasteiger partial charge in [0.1, 0.15) is 24.0 Å². The predicted molar refractivity (Wildman–Crippen MR) is 83.0 cm³/mol. The van der Waals surface area contributed by atoms with E-state index in [-0.39, 0.29) is 0 Å². The van der Waals surface area contributed by atoms with Crippen molar-refractivity contribution in [2.75, 3.05) is 17.2 Å². The fraction of sp³-hybridized carbons (Fsp3) is 0.214. The average molecular weight is 332 g/mol. The third kappa shape index (κ3) is 3.68. The van der Waals surface area contributed by atoms with Gasteiger partial charge in [0.05, 0.1) is 11.3 Å². The van der Waals surface area contributed by atoms with Crippen molar-refractivity contribution >= 4 is 33.3 Å². The molecule has 0 aliphatic carbocycles. The molecular formula is C14H14BrN5. The number of nitrogens with one attached hydrogen (secondary N) is 2. The summed E-state index contributed by atoms with van der Waals surface area (Å²) in [5.74, 6) is 1.41. The summed E-state index contributed by atoms with van der Waals surface area (Å²) in [5, 5.41) is 15.5. The molecule has 0 amide bonds. The van der Waals surface area contributed by atoms with E-state index in [0.717, 1.165) is 28.9 Å². The highest BCUT2D eigenvalue weighted by molar-refractivity contribution is 9.10. The molecular weight excluding hydrogens is 318 g/mol. The molecule has 0 aliphatic rings. The molecule has 0 radical (unpaired) electrons. The number of hydrogen-bond acceptors (Lipinski definition) is 5. The molecule has 1 heterocycles. The Kier molecular flexibility index (Phi) is 4.91. The van der Waals surface area contributed by atoms with Gasteiger partial charge in [0, 0.05) is 17.1 Å². The molecule has 0 atom stereocenters. The SMILES string of the molecule is CCCNc1cc(Nc2ccc(Br)cc2C#N)ncn1. The van der Waals surface area contributed by atoms with Crippen molar-refractivity contribution in [2.24, 2.45) is 0 Å². The maximum Gasteiger partial charge on any atom is 0.135 e. The van der Waals surface area contributed by atoms with E-state index in [9.17, 15) is 0 Å². The van der Waals surface area contributed by atoms with Crippen LogP contribution in [0, 0.1) is 11.3 Å². The number of hydrogen-bond donors (Lipinski definition) is 2. The highest BCUT2D eigenvalue weighted by atomic mass is 79.9. The van der Waals surface area contributed by atoms with Crippen LogP contribution in [0.3, 0.4) is 0 Å². The first kappa shape index (κ1) is 14.3. The van der Waals surface area contributed by atoms with E-state index in [0.29, 0.717) is 11.4 Å². The lowest BCUT2D eigenvalue weighted by Gasteiger charge is -2.09. The Bertz CT molecular complexity index is 636. The summed E-state index contributed by atoms with van der Waals surface area (Å²) in [6.07, 6.45) is 2.52. The summed E-state index contributed by atoms with van der Waals surface area (Å²) in [7, 11) is 0. The van der Waals surface area contributed by atoms with Gasteiger partial charge in [-0.25, -0.2) is 9.97 Å². The number of nitriles is 1. The number of benzene rings is 1. The zero-order valence-corrected chi connectivity index (χ0v) is 12.6. The first-order valence-electron chi connectivity index (χ1n) is 6.25. The zero-order valence-electron chi connectivity index (χ0n) is 11.0. The Morgan fingerprint density at radius 1 is 1.25 bits per heavy atom. The van der Waals surface area contributed by atoms with Crippen LogP contribution >= 0.6 is 15.9 Å². The fourth-order valence-corrected chi connectivity index (χ4v) is 1.99. The molecule has 2 aromatic rings. The molecule has 0 saturated carbocycles. The van der Waals surface area contributed by atoms with Crippen LogP contribution in [0.5, 0.6) is 0 Å². The first-order valence-corrected chi connectivity index (χ1v) is 7.05. The molecule has 102 valence electrons. The second kappa shape index (κ2) is 6.87. The quantitative estimate of drug-likeness (QED) is 0.874. The van der Waals surface area contributed by atoms with Crippen molar-refractivity contribution in [1.82, 2.24) is 9.97 Å². The molecule has 2 rings (SSSR count). The van der Waals surface area contributed by atoms with E-state index in [2.05, 4.69) is 49.5 Å². The highest BCUT2D eigenvalue weighted by Gasteiger charge is 2.05. The number of halogens is 1. The normalized spacial score (nSPS) is 9.85. The van der Waals surface area contributed by atoms with E-state index in [1.54, 1.807) is 6.07 Å². The molecule has 0 saturated heterocycles. The van der Waals surface area contributed by atoms with Crippen LogP contribution in [0.1, 0.15) is 18.9 Å². The lowest BCUT2D eigenvalue weighted by atomic mass is 10.2. The smallest absolute Gasteiger partial charge is 0.135 e. The Morgan fingerprint density at radius 2 is 2.05 bits per heavy atom. The number of nitrogens with zero attached hydrogens (tertiary/aromatic N) is 3. The van der Waals surface area contributed by atoms with E-state index in [1.165, 1.54) is 6.33 Å². The van der Waals surface area contributed by atoms with Gasteiger partial charge in [0.25, 0.3) is 0 Å². The van der Waals surface area contributed by atoms with Crippen LogP contribution in [0.25, 0.3) is 0 Å². The van der Waals surface area contributed by atoms with Crippen molar-refractivity contribution in [3.8, 4) is 6.07 Å². The summed E-state index contributed by atoms with van der Waals surface area (Å²) in [6.45, 7) is 2.95. The number of anilines is 3. The van der Waals surface area contributed by atoms with Gasteiger partial charge in [-0.05, 0) is 24.6 Å². The van der Waals surface area contributed by atoms with Gasteiger partial charge in [0.2, 0.25) is 0 Å². The Labute approximate surface area is 126 Å². The molecule has 0 spiro atoms. The van der Waals surface area contributed by atoms with Gasteiger partial charge in [-0.3, -0.25) is 0 Å². The number of aromatic nitrogens is 2. The minimum atomic E-state index is 0.557. The number of rotatable bonds is 5. The molecule has 6 heteroatoms. The molecule has 5 nitrogen and oxygen atoms in total. The van der Waals surface area contributed by atoms with Gasteiger partial charge < -0.3 is 10.6 Å². The van der Waals surface area contributed by atoms with E-state index in [1.807, 2.05) is 18.2 Å². The summed E-state index contributed by atoms with van der Waals surface area (Å²) < 4.78 is 0.868. The molecule has 0 unspecified atom stereocenters. The molecule has 0 fully saturated rings. The second-order valence-electron chi connectivity index (χ2n) is 4.14. The second-order valence-corrected chi connectivity index (χ2v) is 5.06. The monoisotopic (exact) mass is 331 g/mol. The van der Waals surface area contributed by atoms with Gasteiger partial charge in [0.15, 0.2) is 0 Å². The summed E-state index contributed by atoms with van der Waals surface area (Å²) in [6, 6.07) is 9.45. The third-order valence-electron chi connectivity index (χ3n) is 2.59. The van der Waals surface area contributed by atoms with Crippen LogP contribution in [-0.2, 0) is 0 Å². The maximum atomic E-state index is 9.14. The van der Waals surface area contributed by atoms with E-state index >= 15 is 0 Å². The van der Waals surface area contributed by atoms with Crippen LogP contribution in [0.4, 0.5) is 17.3 Å². The van der Waals surface area contributed by atoms with Gasteiger partial charge in [-0.2, -0.15) is 5.26 Å². The van der Waals surface area contributed by atoms with Crippen molar-refractivity contribution in [3.63, 3.8) is 0 Å². The topological polar surface area (TPSA) is 73.6 Å². The summed E-state index contributed by atoms with van der Waals surface area (Å²) in [5.41, 5.74) is 1.27. The predicted octanol–water partition coefficient (Wildman–Crippen LogP) is 3.68. The zero-order chi connectivity index (χ0) is 14.4. The molecule has 0 aliphatic heterocycles. The molecule has 1 aromatic heterocycles. The fourth-order valence-electron chi connectivity index (χ4n) is 1.63. The van der Waals surface area contributed by atoms with Crippen molar-refractivity contribution in [2.45, 2.75) is 13.3 Å². The molecule has 2 N–H and O–H groups in total. The molecule has 0 bridgehead atoms. The van der Waals surface area contributed by atoms with E-state index in [4.69, 9.17) is 5.26 Å². The lowest BCUT2D eigenvalue weighted by Crippen LogP contribution is -2.03. The van der Waals surface area contributed by atoms with Crippen molar-refractivity contribution < 1.29 is 0 Å². The largest absolute Gasteiger partial charge is 0.370 e. The van der Waals surface area contributed by atoms with Crippen LogP contribution in [0.2, 0.25) is 0 Å². The van der Waals surface area contributed by atoms with Gasteiger partial charge >= 0.3 is 0 Å². The lowest BCUT2D eigenvalue weighted by molar-refractivity contribution is 0.965. The van der Waals surface area contributed by atoms with Crippen molar-refractivity contribution in [3.05, 3.63) is 40.6 Å². The van der Waals surface area contributed by atoms with Crippen LogP contribution in [0.15, 0.2) is 35.1 Å². The summed E-state index contributed by atoms with van der Waals surface area (Å²) >= 11 is 3.35. The Morgan fingerprint density at radius 3 is 2.80 bits per heavy atom. The van der Waals surface area contributed by atoms with Gasteiger partial charge in [-0.1, -0.05) is 22.9 Å². The Balaban J connectivity index is 2.20. The average Bonchev–Trinajstić information content (AvgIpc) is 2.47. The van der Waals surface area contributed by atoms with Crippen LogP contribution < -0.4 is 10.6 Å².